The zero-order valence-corrected chi connectivity index (χ0v) is 17.9. The Morgan fingerprint density at radius 2 is 1.87 bits per heavy atom. The monoisotopic (exact) mass is 430 g/mol. The number of carbonyl (C=O) groups is 2. The Morgan fingerprint density at radius 1 is 1.13 bits per heavy atom. The van der Waals surface area contributed by atoms with Gasteiger partial charge in [0.25, 0.3) is 5.91 Å². The maximum Gasteiger partial charge on any atom is 0.411 e. The molecule has 1 atom stereocenters. The summed E-state index contributed by atoms with van der Waals surface area (Å²) in [4.78, 5) is 29.4. The van der Waals surface area contributed by atoms with E-state index in [9.17, 15) is 9.59 Å². The summed E-state index contributed by atoms with van der Waals surface area (Å²) in [5, 5.41) is 9.24. The number of anilines is 2. The van der Waals surface area contributed by atoms with Crippen LogP contribution >= 0.6 is 11.6 Å². The Balaban J connectivity index is 1.67. The predicted molar refractivity (Wildman–Crippen MR) is 118 cm³/mol. The van der Waals surface area contributed by atoms with Gasteiger partial charge < -0.3 is 15.4 Å². The molecule has 1 aliphatic rings. The molecule has 7 nitrogen and oxygen atoms in total. The number of hydrogen-bond acceptors (Lipinski definition) is 5. The van der Waals surface area contributed by atoms with Crippen LogP contribution in [-0.2, 0) is 4.74 Å². The van der Waals surface area contributed by atoms with Gasteiger partial charge in [-0.2, -0.15) is 0 Å². The number of halogens is 1. The molecule has 160 valence electrons. The van der Waals surface area contributed by atoms with Gasteiger partial charge in [0.1, 0.15) is 11.9 Å². The molecule has 1 unspecified atom stereocenters. The fraction of sp³-hybridized carbons (Fsp3) is 0.409. The number of piperidine rings is 1. The lowest BCUT2D eigenvalue weighted by Gasteiger charge is -2.32. The van der Waals surface area contributed by atoms with Crippen molar-refractivity contribution in [2.24, 2.45) is 11.8 Å². The molecule has 0 radical (unpaired) electrons. The van der Waals surface area contributed by atoms with Crippen LogP contribution < -0.4 is 16.0 Å². The molecule has 1 fully saturated rings. The fourth-order valence-electron chi connectivity index (χ4n) is 3.64. The molecule has 2 amide bonds. The van der Waals surface area contributed by atoms with Gasteiger partial charge in [-0.1, -0.05) is 37.6 Å². The highest BCUT2D eigenvalue weighted by Gasteiger charge is 2.29. The Morgan fingerprint density at radius 3 is 2.53 bits per heavy atom. The van der Waals surface area contributed by atoms with Crippen LogP contribution in [0, 0.1) is 11.8 Å². The van der Waals surface area contributed by atoms with Crippen molar-refractivity contribution in [3.63, 3.8) is 0 Å². The molecule has 2 heterocycles. The third-order valence-corrected chi connectivity index (χ3v) is 5.35. The van der Waals surface area contributed by atoms with Crippen LogP contribution in [0.3, 0.4) is 0 Å². The summed E-state index contributed by atoms with van der Waals surface area (Å²) >= 11 is 5.83. The second kappa shape index (κ2) is 10.4. The Hall–Kier alpha value is -2.64. The third-order valence-electron chi connectivity index (χ3n) is 5.13. The van der Waals surface area contributed by atoms with Crippen molar-refractivity contribution < 1.29 is 14.3 Å². The highest BCUT2D eigenvalue weighted by Crippen LogP contribution is 2.26. The van der Waals surface area contributed by atoms with Crippen LogP contribution in [-0.4, -0.2) is 36.2 Å². The molecular weight excluding hydrogens is 404 g/mol. The van der Waals surface area contributed by atoms with E-state index in [1.165, 1.54) is 6.20 Å². The van der Waals surface area contributed by atoms with Crippen molar-refractivity contribution in [1.29, 1.82) is 0 Å². The zero-order valence-electron chi connectivity index (χ0n) is 17.2. The van der Waals surface area contributed by atoms with Crippen molar-refractivity contribution >= 4 is 35.1 Å². The predicted octanol–water partition coefficient (Wildman–Crippen LogP) is 4.56. The minimum atomic E-state index is -0.558. The van der Waals surface area contributed by atoms with Gasteiger partial charge in [0.15, 0.2) is 0 Å². The summed E-state index contributed by atoms with van der Waals surface area (Å²) in [5.74, 6) is 0.506. The lowest BCUT2D eigenvalue weighted by atomic mass is 9.86. The van der Waals surface area contributed by atoms with Crippen molar-refractivity contribution in [2.45, 2.75) is 32.8 Å². The molecule has 3 N–H and O–H groups in total. The minimum absolute atomic E-state index is 0.175. The highest BCUT2D eigenvalue weighted by atomic mass is 35.5. The van der Waals surface area contributed by atoms with Gasteiger partial charge in [0.05, 0.1) is 16.3 Å². The topological polar surface area (TPSA) is 92.3 Å². The van der Waals surface area contributed by atoms with Gasteiger partial charge >= 0.3 is 6.09 Å². The maximum atomic E-state index is 12.7. The molecule has 0 aliphatic carbocycles. The molecule has 0 spiro atoms. The second-order valence-corrected chi connectivity index (χ2v) is 8.12. The van der Waals surface area contributed by atoms with Gasteiger partial charge in [-0.3, -0.25) is 10.1 Å². The Kier molecular flexibility index (Phi) is 7.65. The van der Waals surface area contributed by atoms with E-state index in [-0.39, 0.29) is 17.9 Å². The largest absolute Gasteiger partial charge is 0.445 e. The summed E-state index contributed by atoms with van der Waals surface area (Å²) in [7, 11) is 0. The third kappa shape index (κ3) is 5.93. The van der Waals surface area contributed by atoms with Crippen LogP contribution in [0.2, 0.25) is 5.02 Å². The standard InChI is InChI=1S/C22H27ClN4O3/c1-14(2)20(15-9-11-24-12-10-15)30-22(29)26-18-6-4-3-5-17(18)21(28)27-19-8-7-16(23)13-25-19/h3-8,13-15,20,24H,9-12H2,1-2H3,(H,26,29)(H,25,27,28). The lowest BCUT2D eigenvalue weighted by Crippen LogP contribution is -2.39. The Bertz CT molecular complexity index is 867. The molecule has 1 aromatic heterocycles. The summed E-state index contributed by atoms with van der Waals surface area (Å²) in [6.07, 6.45) is 2.67. The molecular formula is C22H27ClN4O3. The smallest absolute Gasteiger partial charge is 0.411 e. The van der Waals surface area contributed by atoms with Gasteiger partial charge in [-0.15, -0.1) is 0 Å². The summed E-state index contributed by atoms with van der Waals surface area (Å²) in [6.45, 7) is 5.97. The van der Waals surface area contributed by atoms with Gasteiger partial charge in [-0.25, -0.2) is 9.78 Å². The SMILES string of the molecule is CC(C)C(OC(=O)Nc1ccccc1C(=O)Nc1ccc(Cl)cn1)C1CCNCC1. The van der Waals surface area contributed by atoms with E-state index in [0.29, 0.717) is 28.0 Å². The number of para-hydroxylation sites is 1. The van der Waals surface area contributed by atoms with Crippen LogP contribution in [0.5, 0.6) is 0 Å². The number of rotatable bonds is 6. The van der Waals surface area contributed by atoms with Crippen LogP contribution in [0.1, 0.15) is 37.0 Å². The summed E-state index contributed by atoms with van der Waals surface area (Å²) in [6, 6.07) is 10.0. The number of nitrogens with one attached hydrogen (secondary N) is 3. The summed E-state index contributed by atoms with van der Waals surface area (Å²) < 4.78 is 5.78. The van der Waals surface area contributed by atoms with E-state index in [1.807, 2.05) is 0 Å². The van der Waals surface area contributed by atoms with E-state index in [4.69, 9.17) is 16.3 Å². The Labute approximate surface area is 181 Å². The highest BCUT2D eigenvalue weighted by molar-refractivity contribution is 6.30. The van der Waals surface area contributed by atoms with E-state index >= 15 is 0 Å². The first-order valence-corrected chi connectivity index (χ1v) is 10.5. The van der Waals surface area contributed by atoms with Crippen molar-refractivity contribution in [1.82, 2.24) is 10.3 Å². The van der Waals surface area contributed by atoms with Crippen molar-refractivity contribution in [3.05, 3.63) is 53.2 Å². The number of ether oxygens (including phenoxy) is 1. The van der Waals surface area contributed by atoms with Crippen LogP contribution in [0.4, 0.5) is 16.3 Å². The normalized spacial score (nSPS) is 15.5. The number of hydrogen-bond donors (Lipinski definition) is 3. The zero-order chi connectivity index (χ0) is 21.5. The first-order valence-electron chi connectivity index (χ1n) is 10.1. The molecule has 1 saturated heterocycles. The average molecular weight is 431 g/mol. The average Bonchev–Trinajstić information content (AvgIpc) is 2.74. The van der Waals surface area contributed by atoms with E-state index in [0.717, 1.165) is 25.9 Å². The minimum Gasteiger partial charge on any atom is -0.445 e. The van der Waals surface area contributed by atoms with Crippen LogP contribution in [0.15, 0.2) is 42.6 Å². The molecule has 30 heavy (non-hydrogen) atoms. The molecule has 3 rings (SSSR count). The van der Waals surface area contributed by atoms with Gasteiger partial charge in [0, 0.05) is 6.20 Å². The van der Waals surface area contributed by atoms with Crippen LogP contribution in [0.25, 0.3) is 0 Å². The fourth-order valence-corrected chi connectivity index (χ4v) is 3.75. The number of aromatic nitrogens is 1. The lowest BCUT2D eigenvalue weighted by molar-refractivity contribution is 0.0298. The van der Waals surface area contributed by atoms with E-state index in [1.54, 1.807) is 36.4 Å². The summed E-state index contributed by atoms with van der Waals surface area (Å²) in [5.41, 5.74) is 0.691. The molecule has 0 saturated carbocycles. The number of carbonyl (C=O) groups excluding carboxylic acids is 2. The number of amides is 2. The van der Waals surface area contributed by atoms with Gasteiger partial charge in [-0.05, 0) is 62.0 Å². The number of pyridine rings is 1. The van der Waals surface area contributed by atoms with E-state index in [2.05, 4.69) is 34.8 Å². The molecule has 2 aromatic rings. The number of benzene rings is 1. The molecule has 8 heteroatoms. The maximum absolute atomic E-state index is 12.7. The van der Waals surface area contributed by atoms with Crippen molar-refractivity contribution in [2.75, 3.05) is 23.7 Å². The molecule has 0 bridgehead atoms. The quantitative estimate of drug-likeness (QED) is 0.624. The number of nitrogens with zero attached hydrogens (tertiary/aromatic N) is 1. The second-order valence-electron chi connectivity index (χ2n) is 7.69. The first-order chi connectivity index (χ1) is 14.4. The van der Waals surface area contributed by atoms with Crippen molar-refractivity contribution in [3.8, 4) is 0 Å². The van der Waals surface area contributed by atoms with Gasteiger partial charge in [0.2, 0.25) is 0 Å². The molecule has 1 aliphatic heterocycles. The first kappa shape index (κ1) is 22.1. The molecule has 1 aromatic carbocycles. The van der Waals surface area contributed by atoms with E-state index < -0.39 is 6.09 Å².